The number of hydrogen-bond acceptors (Lipinski definition) is 4. The van der Waals surface area contributed by atoms with Crippen molar-refractivity contribution < 1.29 is 14.7 Å². The van der Waals surface area contributed by atoms with Crippen molar-refractivity contribution in [3.05, 3.63) is 12.2 Å². The van der Waals surface area contributed by atoms with Gasteiger partial charge in [-0.2, -0.15) is 0 Å². The van der Waals surface area contributed by atoms with Crippen molar-refractivity contribution in [3.8, 4) is 0 Å². The molecule has 0 aromatic heterocycles. The lowest BCUT2D eigenvalue weighted by molar-refractivity contribution is -0.134. The summed E-state index contributed by atoms with van der Waals surface area (Å²) in [6.07, 6.45) is 7.47. The molecule has 0 fully saturated rings. The molecule has 3 N–H and O–H groups in total. The summed E-state index contributed by atoms with van der Waals surface area (Å²) in [7, 11) is 0. The average Bonchev–Trinajstić information content (AvgIpc) is 2.21. The van der Waals surface area contributed by atoms with E-state index in [4.69, 9.17) is 5.73 Å². The summed E-state index contributed by atoms with van der Waals surface area (Å²) in [4.78, 5) is 20.3. The molecular weight excluding hydrogens is 238 g/mol. The van der Waals surface area contributed by atoms with Crippen LogP contribution in [0.15, 0.2) is 12.2 Å². The molecule has 98 valence electrons. The molecule has 0 saturated carbocycles. The van der Waals surface area contributed by atoms with Gasteiger partial charge >= 0.3 is 0 Å². The molecule has 0 unspecified atom stereocenters. The zero-order chi connectivity index (χ0) is 13.3. The lowest BCUT2D eigenvalue weighted by Gasteiger charge is -2.18. The van der Waals surface area contributed by atoms with Crippen molar-refractivity contribution in [3.63, 3.8) is 0 Å². The van der Waals surface area contributed by atoms with Crippen LogP contribution < -0.4 is 5.73 Å². The number of Topliss-reactive ketones (excluding diaryl/α,β-unsaturated/α-hetero) is 1. The van der Waals surface area contributed by atoms with Gasteiger partial charge < -0.3 is 10.8 Å². The minimum absolute atomic E-state index is 0.225. The third kappa shape index (κ3) is 7.99. The van der Waals surface area contributed by atoms with Gasteiger partial charge in [-0.15, -0.1) is 12.6 Å². The number of primary amides is 1. The molecule has 0 aromatic carbocycles. The van der Waals surface area contributed by atoms with Gasteiger partial charge in [0.25, 0.3) is 0 Å². The molecular formula is C12H21NO3S. The quantitative estimate of drug-likeness (QED) is 0.254. The number of carbonyl (C=O) groups excluding carboxylic acids is 2. The lowest BCUT2D eigenvalue weighted by atomic mass is 10.0. The Labute approximate surface area is 108 Å². The maximum Gasteiger partial charge on any atom is 0.221 e. The van der Waals surface area contributed by atoms with Gasteiger partial charge in [0.2, 0.25) is 5.91 Å². The van der Waals surface area contributed by atoms with Crippen molar-refractivity contribution in [2.45, 2.75) is 50.4 Å². The predicted octanol–water partition coefficient (Wildman–Crippen LogP) is 1.58. The summed E-state index contributed by atoms with van der Waals surface area (Å²) in [6, 6.07) is 0. The molecule has 0 aromatic rings. The van der Waals surface area contributed by atoms with Crippen LogP contribution in [0.1, 0.15) is 45.4 Å². The van der Waals surface area contributed by atoms with E-state index in [1.54, 1.807) is 0 Å². The summed E-state index contributed by atoms with van der Waals surface area (Å²) in [5.41, 5.74) is 4.92. The Bertz CT molecular complexity index is 287. The van der Waals surface area contributed by atoms with Crippen LogP contribution in [0.4, 0.5) is 0 Å². The molecule has 0 aliphatic rings. The number of allylic oxidation sites excluding steroid dienone is 2. The molecule has 5 heteroatoms. The van der Waals surface area contributed by atoms with Crippen molar-refractivity contribution in [1.29, 1.82) is 0 Å². The first-order valence-electron chi connectivity index (χ1n) is 5.77. The molecule has 0 radical (unpaired) electrons. The van der Waals surface area contributed by atoms with Gasteiger partial charge in [0.1, 0.15) is 0 Å². The van der Waals surface area contributed by atoms with Crippen LogP contribution in [-0.4, -0.2) is 21.7 Å². The Morgan fingerprint density at radius 3 is 2.53 bits per heavy atom. The standard InChI is InChI=1S/C12H21NO3S/c1-2-3-4-5-6-7-8-10(14)12(16,17)9-11(13)15/h2-3,16-17H,4-9H2,1H3,(H2,13,15)/b3-2+/t12-/m0/s1. The third-order valence-electron chi connectivity index (χ3n) is 2.38. The monoisotopic (exact) mass is 259 g/mol. The Kier molecular flexibility index (Phi) is 7.91. The van der Waals surface area contributed by atoms with Gasteiger partial charge in [0.05, 0.1) is 6.42 Å². The molecule has 17 heavy (non-hydrogen) atoms. The molecule has 0 bridgehead atoms. The van der Waals surface area contributed by atoms with Crippen LogP contribution >= 0.6 is 12.6 Å². The van der Waals surface area contributed by atoms with E-state index >= 15 is 0 Å². The van der Waals surface area contributed by atoms with Gasteiger partial charge in [-0.25, -0.2) is 0 Å². The normalized spacial score (nSPS) is 14.8. The van der Waals surface area contributed by atoms with Gasteiger partial charge in [0, 0.05) is 6.42 Å². The third-order valence-corrected chi connectivity index (χ3v) is 2.79. The number of nitrogens with two attached hydrogens (primary N) is 1. The molecule has 0 spiro atoms. The minimum Gasteiger partial charge on any atom is -0.372 e. The number of amides is 1. The van der Waals surface area contributed by atoms with Crippen LogP contribution in [0.5, 0.6) is 0 Å². The van der Waals surface area contributed by atoms with Crippen molar-refractivity contribution in [1.82, 2.24) is 0 Å². The molecule has 0 saturated heterocycles. The van der Waals surface area contributed by atoms with E-state index in [0.29, 0.717) is 6.42 Å². The number of unbranched alkanes of at least 4 members (excludes halogenated alkanes) is 3. The number of carbonyl (C=O) groups is 2. The summed E-state index contributed by atoms with van der Waals surface area (Å²) >= 11 is 3.77. The molecule has 0 rings (SSSR count). The topological polar surface area (TPSA) is 80.4 Å². The SMILES string of the molecule is C/C=C/CCCCCC(=O)[C@@](O)(S)CC(N)=O. The zero-order valence-corrected chi connectivity index (χ0v) is 11.1. The summed E-state index contributed by atoms with van der Waals surface area (Å²) in [6.45, 7) is 1.97. The fourth-order valence-electron chi connectivity index (χ4n) is 1.43. The lowest BCUT2D eigenvalue weighted by Crippen LogP contribution is -2.37. The molecule has 0 heterocycles. The fourth-order valence-corrected chi connectivity index (χ4v) is 1.70. The maximum atomic E-state index is 11.5. The highest BCUT2D eigenvalue weighted by Crippen LogP contribution is 2.20. The second-order valence-corrected chi connectivity index (χ2v) is 4.79. The van der Waals surface area contributed by atoms with E-state index in [2.05, 4.69) is 18.7 Å². The number of ketones is 1. The Morgan fingerprint density at radius 2 is 2.00 bits per heavy atom. The summed E-state index contributed by atoms with van der Waals surface area (Å²) < 4.78 is 0. The van der Waals surface area contributed by atoms with Gasteiger partial charge in [-0.1, -0.05) is 18.6 Å². The zero-order valence-electron chi connectivity index (χ0n) is 10.2. The van der Waals surface area contributed by atoms with E-state index in [-0.39, 0.29) is 6.42 Å². The number of hydrogen-bond donors (Lipinski definition) is 3. The van der Waals surface area contributed by atoms with Crippen LogP contribution in [0.25, 0.3) is 0 Å². The van der Waals surface area contributed by atoms with E-state index in [1.807, 2.05) is 13.0 Å². The van der Waals surface area contributed by atoms with Crippen molar-refractivity contribution in [2.75, 3.05) is 0 Å². The first kappa shape index (κ1) is 16.2. The van der Waals surface area contributed by atoms with E-state index in [9.17, 15) is 14.7 Å². The molecule has 1 atom stereocenters. The number of rotatable bonds is 9. The maximum absolute atomic E-state index is 11.5. The van der Waals surface area contributed by atoms with E-state index in [1.165, 1.54) is 0 Å². The Hall–Kier alpha value is -0.810. The molecule has 0 aliphatic carbocycles. The fraction of sp³-hybridized carbons (Fsp3) is 0.667. The minimum atomic E-state index is -1.91. The predicted molar refractivity (Wildman–Crippen MR) is 70.7 cm³/mol. The molecule has 0 aliphatic heterocycles. The number of thiol groups is 1. The van der Waals surface area contributed by atoms with Gasteiger partial charge in [-0.05, 0) is 26.2 Å². The van der Waals surface area contributed by atoms with Crippen LogP contribution in [-0.2, 0) is 9.59 Å². The molecule has 1 amide bonds. The largest absolute Gasteiger partial charge is 0.372 e. The summed E-state index contributed by atoms with van der Waals surface area (Å²) in [5, 5.41) is 9.60. The van der Waals surface area contributed by atoms with E-state index < -0.39 is 23.0 Å². The highest BCUT2D eigenvalue weighted by molar-refractivity contribution is 7.82. The second kappa shape index (κ2) is 8.31. The first-order chi connectivity index (χ1) is 7.90. The average molecular weight is 259 g/mol. The van der Waals surface area contributed by atoms with Crippen LogP contribution in [0.3, 0.4) is 0 Å². The van der Waals surface area contributed by atoms with E-state index in [0.717, 1.165) is 19.3 Å². The van der Waals surface area contributed by atoms with Crippen LogP contribution in [0, 0.1) is 0 Å². The highest BCUT2D eigenvalue weighted by Gasteiger charge is 2.32. The highest BCUT2D eigenvalue weighted by atomic mass is 32.1. The Morgan fingerprint density at radius 1 is 1.35 bits per heavy atom. The summed E-state index contributed by atoms with van der Waals surface area (Å²) in [5.74, 6) is -1.17. The van der Waals surface area contributed by atoms with Gasteiger partial charge in [-0.3, -0.25) is 9.59 Å². The van der Waals surface area contributed by atoms with Crippen LogP contribution in [0.2, 0.25) is 0 Å². The first-order valence-corrected chi connectivity index (χ1v) is 6.22. The molecule has 4 nitrogen and oxygen atoms in total. The number of aliphatic hydroxyl groups is 1. The second-order valence-electron chi connectivity index (χ2n) is 4.05. The van der Waals surface area contributed by atoms with Gasteiger partial charge in [0.15, 0.2) is 10.7 Å². The van der Waals surface area contributed by atoms with Crippen molar-refractivity contribution in [2.24, 2.45) is 5.73 Å². The smallest absolute Gasteiger partial charge is 0.221 e. The van der Waals surface area contributed by atoms with Crippen molar-refractivity contribution >= 4 is 24.3 Å². The Balaban J connectivity index is 3.81.